The van der Waals surface area contributed by atoms with Gasteiger partial charge in [-0.2, -0.15) is 0 Å². The number of fused-ring (bicyclic) bond motifs is 6. The van der Waals surface area contributed by atoms with Gasteiger partial charge in [-0.25, -0.2) is 4.99 Å². The molecule has 0 atom stereocenters. The van der Waals surface area contributed by atoms with Gasteiger partial charge >= 0.3 is 0 Å². The van der Waals surface area contributed by atoms with E-state index in [9.17, 15) is 0 Å². The second-order valence-corrected chi connectivity index (χ2v) is 14.6. The number of hydrogen-bond donors (Lipinski definition) is 1. The molecule has 0 aliphatic rings. The molecule has 2 heteroatoms. The topological polar surface area (TPSA) is 38.4 Å². The highest BCUT2D eigenvalue weighted by Crippen LogP contribution is 2.37. The number of amidine groups is 1. The van der Waals surface area contributed by atoms with Gasteiger partial charge in [0.1, 0.15) is 5.84 Å². The van der Waals surface area contributed by atoms with Gasteiger partial charge in [0.05, 0.1) is 5.70 Å². The van der Waals surface area contributed by atoms with Crippen LogP contribution >= 0.6 is 0 Å². The van der Waals surface area contributed by atoms with Gasteiger partial charge in [0, 0.05) is 11.1 Å². The maximum Gasteiger partial charge on any atom is 0.131 e. The minimum absolute atomic E-state index is 0.492. The summed E-state index contributed by atoms with van der Waals surface area (Å²) in [5, 5.41) is 7.35. The molecule has 0 heterocycles. The molecule has 0 saturated carbocycles. The number of hydrogen-bond acceptors (Lipinski definition) is 1. The molecule has 268 valence electrons. The molecule has 0 unspecified atom stereocenters. The van der Waals surface area contributed by atoms with Crippen LogP contribution in [0.25, 0.3) is 82.5 Å². The van der Waals surface area contributed by atoms with E-state index < -0.39 is 0 Å². The Balaban J connectivity index is 0.990. The first-order valence-electron chi connectivity index (χ1n) is 19.3. The summed E-state index contributed by atoms with van der Waals surface area (Å²) in [4.78, 5) is 4.99. The van der Waals surface area contributed by atoms with Crippen LogP contribution in [0.3, 0.4) is 0 Å². The Morgan fingerprint density at radius 1 is 0.411 bits per heavy atom. The van der Waals surface area contributed by atoms with Crippen molar-refractivity contribution >= 4 is 43.9 Å². The Bertz CT molecular complexity index is 2970. The number of benzene rings is 9. The maximum absolute atomic E-state index is 6.78. The molecule has 56 heavy (non-hydrogen) atoms. The summed E-state index contributed by atoms with van der Waals surface area (Å²) in [5.74, 6) is 0.492. The summed E-state index contributed by atoms with van der Waals surface area (Å²) in [6.45, 7) is 6.43. The molecule has 0 radical (unpaired) electrons. The number of rotatable bonds is 7. The van der Waals surface area contributed by atoms with Gasteiger partial charge < -0.3 is 5.73 Å². The maximum atomic E-state index is 6.78. The van der Waals surface area contributed by atoms with Crippen molar-refractivity contribution in [3.63, 3.8) is 0 Å². The van der Waals surface area contributed by atoms with Crippen LogP contribution < -0.4 is 5.73 Å². The van der Waals surface area contributed by atoms with Crippen molar-refractivity contribution in [3.05, 3.63) is 210 Å². The fraction of sp³-hybridized carbons (Fsp3) is 0.0556. The molecule has 0 saturated heterocycles. The molecule has 9 rings (SSSR count). The zero-order valence-electron chi connectivity index (χ0n) is 31.9. The first kappa shape index (κ1) is 34.7. The van der Waals surface area contributed by atoms with E-state index in [1.807, 2.05) is 13.0 Å². The molecule has 9 aromatic rings. The fourth-order valence-corrected chi connectivity index (χ4v) is 8.25. The van der Waals surface area contributed by atoms with Crippen molar-refractivity contribution in [3.8, 4) is 44.5 Å². The Morgan fingerprint density at radius 2 is 0.929 bits per heavy atom. The van der Waals surface area contributed by atoms with Gasteiger partial charge in [0.25, 0.3) is 0 Å². The third kappa shape index (κ3) is 6.36. The molecule has 0 aromatic heterocycles. The van der Waals surface area contributed by atoms with E-state index in [2.05, 4.69) is 196 Å². The molecular formula is C54H42N2. The molecule has 0 aliphatic heterocycles. The Kier molecular flexibility index (Phi) is 9.09. The van der Waals surface area contributed by atoms with Crippen molar-refractivity contribution in [1.29, 1.82) is 0 Å². The van der Waals surface area contributed by atoms with Crippen molar-refractivity contribution in [2.75, 3.05) is 0 Å². The third-order valence-corrected chi connectivity index (χ3v) is 11.2. The van der Waals surface area contributed by atoms with E-state index in [-0.39, 0.29) is 0 Å². The van der Waals surface area contributed by atoms with Crippen LogP contribution in [0.5, 0.6) is 0 Å². The molecule has 0 bridgehead atoms. The van der Waals surface area contributed by atoms with Gasteiger partial charge in [-0.3, -0.25) is 0 Å². The van der Waals surface area contributed by atoms with Crippen LogP contribution in [0.1, 0.15) is 29.2 Å². The second kappa shape index (κ2) is 14.7. The van der Waals surface area contributed by atoms with Crippen LogP contribution in [0.4, 0.5) is 0 Å². The number of allylic oxidation sites excluding steroid dienone is 1. The summed E-state index contributed by atoms with van der Waals surface area (Å²) < 4.78 is 0. The highest BCUT2D eigenvalue weighted by Gasteiger charge is 2.13. The van der Waals surface area contributed by atoms with Crippen molar-refractivity contribution in [2.24, 2.45) is 10.7 Å². The number of aliphatic imine (C=N–C) groups is 1. The molecule has 9 aromatic carbocycles. The quantitative estimate of drug-likeness (QED) is 0.0994. The van der Waals surface area contributed by atoms with Gasteiger partial charge in [0.2, 0.25) is 0 Å². The van der Waals surface area contributed by atoms with E-state index in [0.717, 1.165) is 28.0 Å². The molecule has 2 nitrogen and oxygen atoms in total. The van der Waals surface area contributed by atoms with E-state index in [0.29, 0.717) is 5.84 Å². The summed E-state index contributed by atoms with van der Waals surface area (Å²) in [5.41, 5.74) is 21.8. The summed E-state index contributed by atoms with van der Waals surface area (Å²) in [7, 11) is 0. The van der Waals surface area contributed by atoms with Crippen molar-refractivity contribution in [1.82, 2.24) is 0 Å². The van der Waals surface area contributed by atoms with Gasteiger partial charge in [-0.1, -0.05) is 170 Å². The van der Waals surface area contributed by atoms with Crippen LogP contribution in [-0.4, -0.2) is 5.84 Å². The van der Waals surface area contributed by atoms with Crippen LogP contribution in [0, 0.1) is 13.8 Å². The Morgan fingerprint density at radius 3 is 1.59 bits per heavy atom. The number of nitrogens with zero attached hydrogens (tertiary/aromatic N) is 1. The van der Waals surface area contributed by atoms with E-state index in [4.69, 9.17) is 10.7 Å². The minimum Gasteiger partial charge on any atom is -0.383 e. The normalized spacial score (nSPS) is 12.1. The third-order valence-electron chi connectivity index (χ3n) is 11.2. The average molecular weight is 719 g/mol. The standard InChI is InChI=1S/C54H42N2/c1-4-53(56-54(55)43-30-31-51-49-22-8-7-20-47(49)48-21-9-10-23-50(48)52(51)34-43)42-18-12-16-40(33-42)38-28-26-37(27-29-38)39-15-11-17-41(32-39)45-24-13-25-46(36(45)3)44-19-6-5-14-35(44)2/h4-34H,1-3H3,(H2,55,56)/b53-4-. The highest BCUT2D eigenvalue weighted by molar-refractivity contribution is 6.26. The minimum atomic E-state index is 0.492. The largest absolute Gasteiger partial charge is 0.383 e. The fourth-order valence-electron chi connectivity index (χ4n) is 8.25. The van der Waals surface area contributed by atoms with Crippen molar-refractivity contribution < 1.29 is 0 Å². The van der Waals surface area contributed by atoms with Gasteiger partial charge in [0.15, 0.2) is 0 Å². The van der Waals surface area contributed by atoms with Crippen LogP contribution in [0.15, 0.2) is 193 Å². The van der Waals surface area contributed by atoms with Crippen molar-refractivity contribution in [2.45, 2.75) is 20.8 Å². The Hall–Kier alpha value is -7.03. The lowest BCUT2D eigenvalue weighted by atomic mass is 9.90. The summed E-state index contributed by atoms with van der Waals surface area (Å²) in [6.07, 6.45) is 2.03. The molecule has 2 N–H and O–H groups in total. The number of aryl methyl sites for hydroxylation is 1. The zero-order valence-corrected chi connectivity index (χ0v) is 31.9. The first-order valence-corrected chi connectivity index (χ1v) is 19.3. The molecule has 0 spiro atoms. The van der Waals surface area contributed by atoms with Gasteiger partial charge in [-0.05, 0) is 127 Å². The second-order valence-electron chi connectivity index (χ2n) is 14.6. The molecular weight excluding hydrogens is 677 g/mol. The lowest BCUT2D eigenvalue weighted by Crippen LogP contribution is -2.13. The predicted octanol–water partition coefficient (Wildman–Crippen LogP) is 14.2. The van der Waals surface area contributed by atoms with Crippen LogP contribution in [0.2, 0.25) is 0 Å². The lowest BCUT2D eigenvalue weighted by molar-refractivity contribution is 1.40. The smallest absolute Gasteiger partial charge is 0.131 e. The zero-order chi connectivity index (χ0) is 38.2. The Labute approximate surface area is 328 Å². The molecule has 0 amide bonds. The van der Waals surface area contributed by atoms with Gasteiger partial charge in [-0.15, -0.1) is 0 Å². The van der Waals surface area contributed by atoms with E-state index >= 15 is 0 Å². The van der Waals surface area contributed by atoms with Crippen LogP contribution in [-0.2, 0) is 0 Å². The average Bonchev–Trinajstić information content (AvgIpc) is 3.26. The molecule has 0 fully saturated rings. The summed E-state index contributed by atoms with van der Waals surface area (Å²) >= 11 is 0. The number of nitrogens with two attached hydrogens (primary N) is 1. The SMILES string of the molecule is C/C=C(\N=C(N)c1ccc2c3ccccc3c3ccccc3c2c1)c1cccc(-c2ccc(-c3cccc(-c4cccc(-c5ccccc5C)c4C)c3)cc2)c1. The molecule has 0 aliphatic carbocycles. The predicted molar refractivity (Wildman–Crippen MR) is 241 cm³/mol. The van der Waals surface area contributed by atoms with E-state index in [1.165, 1.54) is 76.8 Å². The first-order chi connectivity index (χ1) is 27.5. The lowest BCUT2D eigenvalue weighted by Gasteiger charge is -2.15. The summed E-state index contributed by atoms with van der Waals surface area (Å²) in [6, 6.07) is 65.2. The highest BCUT2D eigenvalue weighted by atomic mass is 14.9. The monoisotopic (exact) mass is 718 g/mol. The van der Waals surface area contributed by atoms with E-state index in [1.54, 1.807) is 0 Å².